The Balaban J connectivity index is 2.23. The third-order valence-electron chi connectivity index (χ3n) is 3.55. The molecule has 2 N–H and O–H groups in total. The molecule has 0 aliphatic carbocycles. The summed E-state index contributed by atoms with van der Waals surface area (Å²) in [4.78, 5) is -0.497. The number of rotatable bonds is 3. The van der Waals surface area contributed by atoms with Gasteiger partial charge in [0.15, 0.2) is 5.69 Å². The molecule has 1 heterocycles. The summed E-state index contributed by atoms with van der Waals surface area (Å²) in [5.41, 5.74) is -1.16. The lowest BCUT2D eigenvalue weighted by Crippen LogP contribution is -2.13. The summed E-state index contributed by atoms with van der Waals surface area (Å²) < 4.78 is 77.0. The van der Waals surface area contributed by atoms with Crippen molar-refractivity contribution in [1.82, 2.24) is 9.78 Å². The van der Waals surface area contributed by atoms with E-state index in [1.54, 1.807) is 30.3 Å². The predicted octanol–water partition coefficient (Wildman–Crippen LogP) is 3.34. The topological polar surface area (TPSA) is 78.0 Å². The van der Waals surface area contributed by atoms with Crippen molar-refractivity contribution in [1.29, 1.82) is 0 Å². The van der Waals surface area contributed by atoms with Gasteiger partial charge in [0, 0.05) is 5.56 Å². The van der Waals surface area contributed by atoms with Gasteiger partial charge in [-0.25, -0.2) is 22.6 Å². The first kappa shape index (κ1) is 18.1. The summed E-state index contributed by atoms with van der Waals surface area (Å²) in [5.74, 6) is -1.08. The quantitative estimate of drug-likeness (QED) is 0.703. The van der Waals surface area contributed by atoms with Gasteiger partial charge >= 0.3 is 6.18 Å². The summed E-state index contributed by atoms with van der Waals surface area (Å²) in [6, 6.07) is 11.4. The Morgan fingerprint density at radius 2 is 1.65 bits per heavy atom. The van der Waals surface area contributed by atoms with E-state index in [9.17, 15) is 26.0 Å². The number of sulfonamides is 1. The van der Waals surface area contributed by atoms with Crippen LogP contribution in [0.1, 0.15) is 5.69 Å². The van der Waals surface area contributed by atoms with E-state index in [1.165, 1.54) is 0 Å². The summed E-state index contributed by atoms with van der Waals surface area (Å²) >= 11 is 0. The van der Waals surface area contributed by atoms with Gasteiger partial charge in [-0.05, 0) is 24.3 Å². The van der Waals surface area contributed by atoms with Crippen molar-refractivity contribution in [2.24, 2.45) is 5.14 Å². The molecular formula is C16H11F4N3O2S. The molecule has 0 saturated heterocycles. The molecule has 2 aromatic carbocycles. The van der Waals surface area contributed by atoms with Crippen LogP contribution in [0.3, 0.4) is 0 Å². The van der Waals surface area contributed by atoms with Gasteiger partial charge < -0.3 is 0 Å². The van der Waals surface area contributed by atoms with Crippen LogP contribution in [0.2, 0.25) is 0 Å². The van der Waals surface area contributed by atoms with Crippen molar-refractivity contribution in [3.05, 3.63) is 66.1 Å². The minimum Gasteiger partial charge on any atom is -0.230 e. The molecule has 0 fully saturated rings. The van der Waals surface area contributed by atoms with Gasteiger partial charge in [-0.15, -0.1) is 0 Å². The van der Waals surface area contributed by atoms with Crippen molar-refractivity contribution in [2.45, 2.75) is 11.1 Å². The van der Waals surface area contributed by atoms with Gasteiger partial charge in [0.25, 0.3) is 0 Å². The van der Waals surface area contributed by atoms with Crippen LogP contribution in [0.25, 0.3) is 16.9 Å². The fourth-order valence-electron chi connectivity index (χ4n) is 2.35. The molecule has 0 aliphatic heterocycles. The van der Waals surface area contributed by atoms with Crippen LogP contribution in [-0.4, -0.2) is 18.2 Å². The molecule has 3 aromatic rings. The van der Waals surface area contributed by atoms with Crippen LogP contribution in [-0.2, 0) is 16.2 Å². The van der Waals surface area contributed by atoms with E-state index in [2.05, 4.69) is 5.10 Å². The molecule has 136 valence electrons. The Morgan fingerprint density at radius 3 is 2.19 bits per heavy atom. The molecule has 3 rings (SSSR count). The molecule has 1 aromatic heterocycles. The molecule has 0 radical (unpaired) electrons. The van der Waals surface area contributed by atoms with Crippen LogP contribution in [0, 0.1) is 5.82 Å². The van der Waals surface area contributed by atoms with E-state index in [0.717, 1.165) is 22.9 Å². The molecule has 26 heavy (non-hydrogen) atoms. The van der Waals surface area contributed by atoms with Crippen molar-refractivity contribution in [3.63, 3.8) is 0 Å². The second kappa shape index (κ2) is 6.22. The average molecular weight is 385 g/mol. The molecule has 5 nitrogen and oxygen atoms in total. The number of hydrogen-bond donors (Lipinski definition) is 1. The lowest BCUT2D eigenvalue weighted by molar-refractivity contribution is -0.141. The number of hydrogen-bond acceptors (Lipinski definition) is 3. The maximum absolute atomic E-state index is 14.4. The minimum absolute atomic E-state index is 0.000167. The Labute approximate surface area is 145 Å². The number of nitrogens with zero attached hydrogens (tertiary/aromatic N) is 2. The molecule has 0 saturated carbocycles. The fraction of sp³-hybridized carbons (Fsp3) is 0.0625. The first-order valence-corrected chi connectivity index (χ1v) is 8.67. The lowest BCUT2D eigenvalue weighted by atomic mass is 10.1. The van der Waals surface area contributed by atoms with Crippen molar-refractivity contribution in [2.75, 3.05) is 0 Å². The highest BCUT2D eigenvalue weighted by atomic mass is 32.2. The monoisotopic (exact) mass is 385 g/mol. The maximum atomic E-state index is 14.4. The fourth-order valence-corrected chi connectivity index (χ4v) is 2.88. The molecular weight excluding hydrogens is 374 g/mol. The van der Waals surface area contributed by atoms with E-state index in [4.69, 9.17) is 5.14 Å². The molecule has 0 spiro atoms. The number of alkyl halides is 3. The van der Waals surface area contributed by atoms with Crippen molar-refractivity contribution in [3.8, 4) is 16.9 Å². The van der Waals surface area contributed by atoms with Gasteiger partial charge in [-0.1, -0.05) is 30.3 Å². The summed E-state index contributed by atoms with van der Waals surface area (Å²) in [7, 11) is -4.15. The van der Waals surface area contributed by atoms with E-state index < -0.39 is 32.6 Å². The summed E-state index contributed by atoms with van der Waals surface area (Å²) in [6.45, 7) is 0. The first-order chi connectivity index (χ1) is 12.1. The number of aromatic nitrogens is 2. The van der Waals surface area contributed by atoms with E-state index >= 15 is 0 Å². The van der Waals surface area contributed by atoms with Gasteiger partial charge in [0.05, 0.1) is 10.6 Å². The second-order valence-corrected chi connectivity index (χ2v) is 6.91. The highest BCUT2D eigenvalue weighted by Crippen LogP contribution is 2.33. The van der Waals surface area contributed by atoms with E-state index in [1.807, 2.05) is 0 Å². The van der Waals surface area contributed by atoms with Crippen molar-refractivity contribution < 1.29 is 26.0 Å². The van der Waals surface area contributed by atoms with Crippen LogP contribution < -0.4 is 5.14 Å². The number of halogens is 4. The molecule has 10 heteroatoms. The van der Waals surface area contributed by atoms with E-state index in [-0.39, 0.29) is 11.4 Å². The van der Waals surface area contributed by atoms with Crippen LogP contribution in [0.5, 0.6) is 0 Å². The molecule has 0 atom stereocenters. The smallest absolute Gasteiger partial charge is 0.230 e. The Bertz CT molecular complexity index is 1060. The van der Waals surface area contributed by atoms with Crippen LogP contribution >= 0.6 is 0 Å². The third-order valence-corrected chi connectivity index (χ3v) is 4.46. The molecule has 0 amide bonds. The Kier molecular flexibility index (Phi) is 4.32. The van der Waals surface area contributed by atoms with Gasteiger partial charge in [-0.2, -0.15) is 18.3 Å². The largest absolute Gasteiger partial charge is 0.435 e. The summed E-state index contributed by atoms with van der Waals surface area (Å²) in [6.07, 6.45) is -4.73. The van der Waals surface area contributed by atoms with Gasteiger partial charge in [0.1, 0.15) is 11.5 Å². The maximum Gasteiger partial charge on any atom is 0.435 e. The zero-order chi connectivity index (χ0) is 19.1. The normalized spacial score (nSPS) is 12.3. The second-order valence-electron chi connectivity index (χ2n) is 5.35. The van der Waals surface area contributed by atoms with E-state index in [0.29, 0.717) is 11.6 Å². The highest BCUT2D eigenvalue weighted by Gasteiger charge is 2.35. The number of benzene rings is 2. The van der Waals surface area contributed by atoms with Crippen LogP contribution in [0.15, 0.2) is 59.5 Å². The van der Waals surface area contributed by atoms with Gasteiger partial charge in [0.2, 0.25) is 10.0 Å². The Morgan fingerprint density at radius 1 is 1.00 bits per heavy atom. The lowest BCUT2D eigenvalue weighted by Gasteiger charge is -2.10. The number of nitrogens with two attached hydrogens (primary N) is 1. The zero-order valence-electron chi connectivity index (χ0n) is 12.9. The van der Waals surface area contributed by atoms with Gasteiger partial charge in [-0.3, -0.25) is 0 Å². The minimum atomic E-state index is -4.73. The molecule has 0 aliphatic rings. The average Bonchev–Trinajstić information content (AvgIpc) is 3.00. The standard InChI is InChI=1S/C16H11F4N3O2S/c17-12-8-11(26(21,24)25)6-7-13(12)23-14(10-4-2-1-3-5-10)9-15(22-23)16(18,19)20/h1-9H,(H2,21,24,25). The summed E-state index contributed by atoms with van der Waals surface area (Å²) in [5, 5.41) is 8.38. The number of primary sulfonamides is 1. The van der Waals surface area contributed by atoms with Crippen molar-refractivity contribution >= 4 is 10.0 Å². The van der Waals surface area contributed by atoms with Crippen LogP contribution in [0.4, 0.5) is 17.6 Å². The Hall–Kier alpha value is -2.72. The zero-order valence-corrected chi connectivity index (χ0v) is 13.7. The third kappa shape index (κ3) is 3.46. The SMILES string of the molecule is NS(=O)(=O)c1ccc(-n2nc(C(F)(F)F)cc2-c2ccccc2)c(F)c1. The molecule has 0 unspecified atom stereocenters. The first-order valence-electron chi connectivity index (χ1n) is 7.13. The highest BCUT2D eigenvalue weighted by molar-refractivity contribution is 7.89. The predicted molar refractivity (Wildman–Crippen MR) is 85.3 cm³/mol. The molecule has 0 bridgehead atoms.